The second-order valence-electron chi connectivity index (χ2n) is 6.46. The van der Waals surface area contributed by atoms with Crippen molar-refractivity contribution in [2.75, 3.05) is 33.8 Å². The minimum atomic E-state index is -0.0866. The Labute approximate surface area is 195 Å². The van der Waals surface area contributed by atoms with Crippen molar-refractivity contribution in [1.82, 2.24) is 16.0 Å². The van der Waals surface area contributed by atoms with Crippen LogP contribution in [0.2, 0.25) is 0 Å². The summed E-state index contributed by atoms with van der Waals surface area (Å²) >= 11 is 0. The number of phenolic OH excluding ortho intramolecular Hbond substituents is 1. The molecule has 0 aromatic heterocycles. The number of carbonyl (C=O) groups is 1. The molecule has 0 spiro atoms. The molecule has 0 aliphatic heterocycles. The largest absolute Gasteiger partial charge is 0.508 e. The smallest absolute Gasteiger partial charge is 0.251 e. The zero-order valence-corrected chi connectivity index (χ0v) is 20.0. The Morgan fingerprint density at radius 1 is 1.13 bits per heavy atom. The molecule has 0 radical (unpaired) electrons. The van der Waals surface area contributed by atoms with Crippen LogP contribution < -0.4 is 20.7 Å². The fraction of sp³-hybridized carbons (Fsp3) is 0.364. The predicted molar refractivity (Wildman–Crippen MR) is 131 cm³/mol. The van der Waals surface area contributed by atoms with E-state index in [0.29, 0.717) is 30.8 Å². The lowest BCUT2D eigenvalue weighted by atomic mass is 10.1. The van der Waals surface area contributed by atoms with Gasteiger partial charge in [0.2, 0.25) is 0 Å². The molecule has 164 valence electrons. The van der Waals surface area contributed by atoms with Gasteiger partial charge < -0.3 is 25.8 Å². The van der Waals surface area contributed by atoms with E-state index >= 15 is 0 Å². The van der Waals surface area contributed by atoms with Gasteiger partial charge in [-0.25, -0.2) is 0 Å². The molecule has 2 aromatic rings. The third-order valence-corrected chi connectivity index (χ3v) is 4.41. The molecular weight excluding hydrogens is 495 g/mol. The standard InChI is InChI=1S/C22H30N4O3.HI/c1-4-24-22(26-13-11-17-8-9-19(29-3)15-20(17)27)25-12-10-16-6-5-7-18(14-16)21(28)23-2;/h5-9,14-15,27H,4,10-13H2,1-3H3,(H,23,28)(H2,24,25,26);1H. The third-order valence-electron chi connectivity index (χ3n) is 4.41. The second kappa shape index (κ2) is 13.7. The van der Waals surface area contributed by atoms with Crippen molar-refractivity contribution in [1.29, 1.82) is 0 Å². The number of methoxy groups -OCH3 is 1. The number of halogens is 1. The fourth-order valence-electron chi connectivity index (χ4n) is 2.85. The van der Waals surface area contributed by atoms with Crippen LogP contribution in [0.5, 0.6) is 11.5 Å². The molecule has 4 N–H and O–H groups in total. The van der Waals surface area contributed by atoms with Gasteiger partial charge in [-0.05, 0) is 49.1 Å². The van der Waals surface area contributed by atoms with Gasteiger partial charge >= 0.3 is 0 Å². The first-order valence-electron chi connectivity index (χ1n) is 9.76. The van der Waals surface area contributed by atoms with E-state index in [9.17, 15) is 9.90 Å². The van der Waals surface area contributed by atoms with E-state index < -0.39 is 0 Å². The molecule has 0 saturated heterocycles. The van der Waals surface area contributed by atoms with Crippen molar-refractivity contribution in [3.8, 4) is 11.5 Å². The van der Waals surface area contributed by atoms with Gasteiger partial charge in [0.15, 0.2) is 5.96 Å². The number of hydrogen-bond acceptors (Lipinski definition) is 4. The van der Waals surface area contributed by atoms with Gasteiger partial charge in [0.05, 0.1) is 7.11 Å². The Morgan fingerprint density at radius 3 is 2.60 bits per heavy atom. The number of nitrogens with zero attached hydrogens (tertiary/aromatic N) is 1. The Kier molecular flexibility index (Phi) is 11.7. The van der Waals surface area contributed by atoms with Crippen LogP contribution in [0.3, 0.4) is 0 Å². The molecule has 0 aliphatic rings. The van der Waals surface area contributed by atoms with Gasteiger partial charge in [0.25, 0.3) is 5.91 Å². The number of aliphatic imine (C=N–C) groups is 1. The highest BCUT2D eigenvalue weighted by Crippen LogP contribution is 2.23. The number of nitrogens with one attached hydrogen (secondary N) is 3. The van der Waals surface area contributed by atoms with E-state index in [-0.39, 0.29) is 35.6 Å². The molecule has 8 heteroatoms. The average molecular weight is 526 g/mol. The number of carbonyl (C=O) groups excluding carboxylic acids is 1. The Balaban J connectivity index is 0.00000450. The van der Waals surface area contributed by atoms with Crippen LogP contribution in [-0.2, 0) is 12.8 Å². The van der Waals surface area contributed by atoms with Gasteiger partial charge in [0, 0.05) is 38.3 Å². The normalized spacial score (nSPS) is 10.7. The summed E-state index contributed by atoms with van der Waals surface area (Å²) in [5.41, 5.74) is 2.57. The van der Waals surface area contributed by atoms with Gasteiger partial charge in [-0.1, -0.05) is 18.2 Å². The maximum absolute atomic E-state index is 11.7. The molecule has 0 unspecified atom stereocenters. The maximum Gasteiger partial charge on any atom is 0.251 e. The van der Waals surface area contributed by atoms with Gasteiger partial charge in [-0.15, -0.1) is 24.0 Å². The highest BCUT2D eigenvalue weighted by atomic mass is 127. The zero-order chi connectivity index (χ0) is 21.1. The molecule has 0 heterocycles. The Morgan fingerprint density at radius 2 is 1.93 bits per heavy atom. The monoisotopic (exact) mass is 526 g/mol. The summed E-state index contributed by atoms with van der Waals surface area (Å²) in [6.07, 6.45) is 1.40. The summed E-state index contributed by atoms with van der Waals surface area (Å²) < 4.78 is 5.10. The van der Waals surface area contributed by atoms with Crippen molar-refractivity contribution in [2.45, 2.75) is 19.8 Å². The predicted octanol–water partition coefficient (Wildman–Crippen LogP) is 2.72. The number of benzene rings is 2. The van der Waals surface area contributed by atoms with E-state index in [1.54, 1.807) is 26.3 Å². The number of amides is 1. The van der Waals surface area contributed by atoms with Gasteiger partial charge in [-0.3, -0.25) is 9.79 Å². The van der Waals surface area contributed by atoms with Crippen molar-refractivity contribution >= 4 is 35.8 Å². The number of guanidine groups is 1. The lowest BCUT2D eigenvalue weighted by Crippen LogP contribution is -2.38. The molecule has 0 fully saturated rings. The topological polar surface area (TPSA) is 95.0 Å². The van der Waals surface area contributed by atoms with Gasteiger partial charge in [0.1, 0.15) is 11.5 Å². The summed E-state index contributed by atoms with van der Waals surface area (Å²) in [7, 11) is 3.20. The molecule has 0 bridgehead atoms. The first-order chi connectivity index (χ1) is 14.1. The van der Waals surface area contributed by atoms with Crippen molar-refractivity contribution in [3.63, 3.8) is 0 Å². The molecule has 0 aliphatic carbocycles. The molecule has 1 amide bonds. The second-order valence-corrected chi connectivity index (χ2v) is 6.46. The van der Waals surface area contributed by atoms with Crippen LogP contribution in [0.1, 0.15) is 28.4 Å². The summed E-state index contributed by atoms with van der Waals surface area (Å²) in [5, 5.41) is 19.2. The Hall–Kier alpha value is -2.49. The quantitative estimate of drug-likeness (QED) is 0.229. The number of ether oxygens (including phenoxy) is 1. The number of hydrogen-bond donors (Lipinski definition) is 4. The summed E-state index contributed by atoms with van der Waals surface area (Å²) in [4.78, 5) is 16.3. The minimum absolute atomic E-state index is 0. The molecule has 0 saturated carbocycles. The molecule has 2 aromatic carbocycles. The van der Waals surface area contributed by atoms with Crippen LogP contribution in [0.15, 0.2) is 47.5 Å². The van der Waals surface area contributed by atoms with Crippen molar-refractivity contribution in [3.05, 3.63) is 59.2 Å². The van der Waals surface area contributed by atoms with Crippen LogP contribution in [0.4, 0.5) is 0 Å². The summed E-state index contributed by atoms with van der Waals surface area (Å²) in [5.74, 6) is 1.48. The minimum Gasteiger partial charge on any atom is -0.508 e. The van der Waals surface area contributed by atoms with Crippen LogP contribution in [0.25, 0.3) is 0 Å². The van der Waals surface area contributed by atoms with E-state index in [0.717, 1.165) is 30.1 Å². The Bertz CT molecular complexity index is 843. The SMILES string of the molecule is CCNC(=NCCc1ccc(OC)cc1O)NCCc1cccc(C(=O)NC)c1.I. The highest BCUT2D eigenvalue weighted by molar-refractivity contribution is 14.0. The maximum atomic E-state index is 11.7. The van der Waals surface area contributed by atoms with E-state index in [2.05, 4.69) is 20.9 Å². The molecular formula is C22H31IN4O3. The average Bonchev–Trinajstić information content (AvgIpc) is 2.74. The van der Waals surface area contributed by atoms with Gasteiger partial charge in [-0.2, -0.15) is 0 Å². The lowest BCUT2D eigenvalue weighted by Gasteiger charge is -2.12. The first kappa shape index (κ1) is 25.5. The summed E-state index contributed by atoms with van der Waals surface area (Å²) in [6, 6.07) is 12.9. The van der Waals surface area contributed by atoms with E-state index in [4.69, 9.17) is 4.74 Å². The van der Waals surface area contributed by atoms with Crippen molar-refractivity contribution in [2.24, 2.45) is 4.99 Å². The number of rotatable bonds is 9. The lowest BCUT2D eigenvalue weighted by molar-refractivity contribution is 0.0963. The van der Waals surface area contributed by atoms with E-state index in [1.807, 2.05) is 37.3 Å². The van der Waals surface area contributed by atoms with Crippen LogP contribution in [-0.4, -0.2) is 50.8 Å². The number of phenols is 1. The highest BCUT2D eigenvalue weighted by Gasteiger charge is 2.05. The fourth-order valence-corrected chi connectivity index (χ4v) is 2.85. The van der Waals surface area contributed by atoms with Crippen LogP contribution in [0, 0.1) is 0 Å². The molecule has 7 nitrogen and oxygen atoms in total. The molecule has 2 rings (SSSR count). The van der Waals surface area contributed by atoms with Crippen molar-refractivity contribution < 1.29 is 14.6 Å². The summed E-state index contributed by atoms with van der Waals surface area (Å²) in [6.45, 7) is 4.00. The first-order valence-corrected chi connectivity index (χ1v) is 9.76. The zero-order valence-electron chi connectivity index (χ0n) is 17.7. The van der Waals surface area contributed by atoms with Crippen LogP contribution >= 0.6 is 24.0 Å². The number of aromatic hydroxyl groups is 1. The van der Waals surface area contributed by atoms with E-state index in [1.165, 1.54) is 0 Å². The third kappa shape index (κ3) is 8.10. The molecule has 0 atom stereocenters. The molecule has 30 heavy (non-hydrogen) atoms.